The highest BCUT2D eigenvalue weighted by Gasteiger charge is 2.06. The third-order valence-corrected chi connectivity index (χ3v) is 3.72. The molecule has 6 heteroatoms. The second-order valence-corrected chi connectivity index (χ2v) is 5.78. The summed E-state index contributed by atoms with van der Waals surface area (Å²) in [6.07, 6.45) is 4.47. The van der Waals surface area contributed by atoms with Crippen LogP contribution < -0.4 is 5.32 Å². The maximum atomic E-state index is 12.0. The molecule has 2 nitrogen and oxygen atoms in total. The lowest BCUT2D eigenvalue weighted by molar-refractivity contribution is 0.251. The summed E-state index contributed by atoms with van der Waals surface area (Å²) >= 11 is 2.44. The van der Waals surface area contributed by atoms with Crippen molar-refractivity contribution in [2.24, 2.45) is 0 Å². The summed E-state index contributed by atoms with van der Waals surface area (Å²) in [6.45, 7) is 1.63. The summed E-state index contributed by atoms with van der Waals surface area (Å²) in [6, 6.07) is 3.61. The first-order chi connectivity index (χ1) is 8.72. The van der Waals surface area contributed by atoms with Crippen LogP contribution in [0.5, 0.6) is 0 Å². The average Bonchev–Trinajstić information content (AvgIpc) is 2.79. The van der Waals surface area contributed by atoms with Crippen molar-refractivity contribution in [3.05, 3.63) is 23.7 Å². The molecule has 1 heterocycles. The van der Waals surface area contributed by atoms with Crippen LogP contribution in [-0.2, 0) is 12.3 Å². The predicted molar refractivity (Wildman–Crippen MR) is 75.3 cm³/mol. The van der Waals surface area contributed by atoms with Crippen LogP contribution in [-0.4, -0.2) is 24.3 Å². The molecule has 0 unspecified atom stereocenters. The largest absolute Gasteiger partial charge is 0.464 e. The Morgan fingerprint density at radius 3 is 2.78 bits per heavy atom. The highest BCUT2D eigenvalue weighted by atomic mass is 32.2. The van der Waals surface area contributed by atoms with Gasteiger partial charge in [-0.1, -0.05) is 11.8 Å². The van der Waals surface area contributed by atoms with Gasteiger partial charge in [0.2, 0.25) is 0 Å². The van der Waals surface area contributed by atoms with Gasteiger partial charge in [-0.15, -0.1) is 0 Å². The van der Waals surface area contributed by atoms with Crippen LogP contribution in [0.1, 0.15) is 24.4 Å². The van der Waals surface area contributed by atoms with Crippen LogP contribution >= 0.6 is 23.5 Å². The van der Waals surface area contributed by atoms with Gasteiger partial charge in [0.1, 0.15) is 11.5 Å². The quantitative estimate of drug-likeness (QED) is 0.660. The van der Waals surface area contributed by atoms with Crippen molar-refractivity contribution < 1.29 is 13.2 Å². The maximum Gasteiger partial charge on any atom is 0.284 e. The second kappa shape index (κ2) is 9.69. The van der Waals surface area contributed by atoms with Crippen molar-refractivity contribution in [2.75, 3.05) is 18.6 Å². The zero-order chi connectivity index (χ0) is 13.2. The van der Waals surface area contributed by atoms with Crippen molar-refractivity contribution in [2.45, 2.75) is 30.9 Å². The van der Waals surface area contributed by atoms with Gasteiger partial charge >= 0.3 is 0 Å². The maximum absolute atomic E-state index is 12.0. The number of nitrogens with one attached hydrogen (secondary N) is 1. The van der Waals surface area contributed by atoms with Gasteiger partial charge < -0.3 is 9.73 Å². The van der Waals surface area contributed by atoms with E-state index in [-0.39, 0.29) is 5.75 Å². The summed E-state index contributed by atoms with van der Waals surface area (Å²) in [5, 5.41) is 3.28. The Hall–Kier alpha value is -0.200. The number of rotatable bonds is 10. The van der Waals surface area contributed by atoms with Crippen molar-refractivity contribution in [3.63, 3.8) is 0 Å². The third-order valence-electron chi connectivity index (χ3n) is 2.32. The van der Waals surface area contributed by atoms with Crippen LogP contribution in [0, 0.1) is 0 Å². The van der Waals surface area contributed by atoms with E-state index in [0.717, 1.165) is 18.7 Å². The summed E-state index contributed by atoms with van der Waals surface area (Å²) in [7, 11) is 0. The molecule has 1 rings (SSSR count). The van der Waals surface area contributed by atoms with Gasteiger partial charge in [0.15, 0.2) is 0 Å². The second-order valence-electron chi connectivity index (χ2n) is 3.82. The van der Waals surface area contributed by atoms with Gasteiger partial charge in [-0.2, -0.15) is 20.5 Å². The number of thioether (sulfide) groups is 2. The topological polar surface area (TPSA) is 25.2 Å². The first-order valence-electron chi connectivity index (χ1n) is 5.89. The molecule has 0 aromatic carbocycles. The van der Waals surface area contributed by atoms with Gasteiger partial charge in [0.05, 0.1) is 12.3 Å². The lowest BCUT2D eigenvalue weighted by Crippen LogP contribution is -2.14. The molecule has 0 fully saturated rings. The molecule has 0 saturated heterocycles. The summed E-state index contributed by atoms with van der Waals surface area (Å²) in [5.74, 6) is 0.500. The normalized spacial score (nSPS) is 11.3. The van der Waals surface area contributed by atoms with E-state index in [9.17, 15) is 8.78 Å². The minimum absolute atomic E-state index is 0.228. The fraction of sp³-hybridized carbons (Fsp3) is 0.667. The zero-order valence-corrected chi connectivity index (χ0v) is 12.1. The molecule has 0 amide bonds. The van der Waals surface area contributed by atoms with Gasteiger partial charge in [-0.25, -0.2) is 0 Å². The average molecular weight is 295 g/mol. The molecule has 0 atom stereocenters. The van der Waals surface area contributed by atoms with E-state index in [0.29, 0.717) is 24.1 Å². The molecule has 1 N–H and O–H groups in total. The first-order valence-corrected chi connectivity index (χ1v) is 8.33. The van der Waals surface area contributed by atoms with Crippen molar-refractivity contribution in [1.82, 2.24) is 5.32 Å². The molecule has 0 spiro atoms. The summed E-state index contributed by atoms with van der Waals surface area (Å²) in [5.41, 5.74) is 0. The van der Waals surface area contributed by atoms with E-state index in [1.54, 1.807) is 6.07 Å². The third kappa shape index (κ3) is 7.28. The predicted octanol–water partition coefficient (Wildman–Crippen LogP) is 3.97. The smallest absolute Gasteiger partial charge is 0.284 e. The molecular weight excluding hydrogens is 276 g/mol. The molecule has 104 valence electrons. The Labute approximate surface area is 115 Å². The number of alkyl halides is 2. The molecule has 1 aromatic heterocycles. The number of hydrogen-bond donors (Lipinski definition) is 1. The lowest BCUT2D eigenvalue weighted by Gasteiger charge is -2.02. The molecule has 0 aliphatic rings. The Kier molecular flexibility index (Phi) is 8.54. The van der Waals surface area contributed by atoms with Crippen LogP contribution in [0.25, 0.3) is 0 Å². The first kappa shape index (κ1) is 15.9. The van der Waals surface area contributed by atoms with Crippen LogP contribution in [0.4, 0.5) is 8.78 Å². The molecule has 0 aliphatic carbocycles. The van der Waals surface area contributed by atoms with E-state index in [2.05, 4.69) is 11.6 Å². The highest BCUT2D eigenvalue weighted by molar-refractivity contribution is 7.98. The van der Waals surface area contributed by atoms with Gasteiger partial charge in [0.25, 0.3) is 5.76 Å². The van der Waals surface area contributed by atoms with Crippen molar-refractivity contribution in [3.8, 4) is 0 Å². The van der Waals surface area contributed by atoms with Crippen molar-refractivity contribution in [1.29, 1.82) is 0 Å². The number of hydrogen-bond acceptors (Lipinski definition) is 4. The fourth-order valence-corrected chi connectivity index (χ4v) is 2.39. The summed E-state index contributed by atoms with van der Waals surface area (Å²) < 4.78 is 29.4. The number of halogens is 2. The Balaban J connectivity index is 2.11. The van der Waals surface area contributed by atoms with E-state index in [1.165, 1.54) is 12.2 Å². The van der Waals surface area contributed by atoms with Crippen molar-refractivity contribution >= 4 is 23.5 Å². The SMILES string of the molecule is CSCCCCNCc1ccc(CSC(F)F)o1. The van der Waals surface area contributed by atoms with Crippen LogP contribution in [0.15, 0.2) is 16.5 Å². The van der Waals surface area contributed by atoms with Gasteiger partial charge in [-0.3, -0.25) is 0 Å². The monoisotopic (exact) mass is 295 g/mol. The van der Waals surface area contributed by atoms with E-state index in [4.69, 9.17) is 4.42 Å². The highest BCUT2D eigenvalue weighted by Crippen LogP contribution is 2.21. The Bertz CT molecular complexity index is 321. The zero-order valence-electron chi connectivity index (χ0n) is 10.5. The van der Waals surface area contributed by atoms with Crippen LogP contribution in [0.3, 0.4) is 0 Å². The molecule has 0 saturated carbocycles. The van der Waals surface area contributed by atoms with Gasteiger partial charge in [-0.05, 0) is 43.5 Å². The molecule has 0 aliphatic heterocycles. The summed E-state index contributed by atoms with van der Waals surface area (Å²) in [4.78, 5) is 0. The Morgan fingerprint density at radius 2 is 2.06 bits per heavy atom. The molecule has 0 bridgehead atoms. The Morgan fingerprint density at radius 1 is 1.28 bits per heavy atom. The van der Waals surface area contributed by atoms with E-state index in [1.807, 2.05) is 17.8 Å². The standard InChI is InChI=1S/C12H19F2NOS2/c1-17-7-3-2-6-15-8-10-4-5-11(16-10)9-18-12(13)14/h4-5,12,15H,2-3,6-9H2,1H3. The molecule has 18 heavy (non-hydrogen) atoms. The number of furan rings is 1. The molecule has 1 aromatic rings. The van der Waals surface area contributed by atoms with E-state index >= 15 is 0 Å². The van der Waals surface area contributed by atoms with Gasteiger partial charge in [0, 0.05) is 0 Å². The fourth-order valence-electron chi connectivity index (χ4n) is 1.45. The van der Waals surface area contributed by atoms with Crippen LogP contribution in [0.2, 0.25) is 0 Å². The minimum Gasteiger partial charge on any atom is -0.464 e. The number of unbranched alkanes of at least 4 members (excludes halogenated alkanes) is 1. The minimum atomic E-state index is -2.34. The van der Waals surface area contributed by atoms with E-state index < -0.39 is 5.76 Å². The molecule has 0 radical (unpaired) electrons. The lowest BCUT2D eigenvalue weighted by atomic mass is 10.3. The molecular formula is C12H19F2NOS2.